The molecule has 1 saturated heterocycles. The van der Waals surface area contributed by atoms with E-state index in [0.29, 0.717) is 72.5 Å². The van der Waals surface area contributed by atoms with Crippen molar-refractivity contribution in [2.45, 2.75) is 30.2 Å². The number of para-hydroxylation sites is 1. The summed E-state index contributed by atoms with van der Waals surface area (Å²) in [7, 11) is 7.75. The maximum absolute atomic E-state index is 14.3. The molecule has 1 unspecified atom stereocenters. The van der Waals surface area contributed by atoms with Gasteiger partial charge in [0.15, 0.2) is 11.5 Å². The Morgan fingerprint density at radius 3 is 1.94 bits per heavy atom. The minimum atomic E-state index is -1.21. The van der Waals surface area contributed by atoms with Gasteiger partial charge in [-0.05, 0) is 79.9 Å². The monoisotopic (exact) mass is 776 g/mol. The predicted molar refractivity (Wildman–Crippen MR) is 209 cm³/mol. The SMILES string of the molecule is COc1cc(C(=O)N(C)CC(CCN2CCC(C(N)=O)(c3ccccc3)CC2)(c2ccc(Cl)c(Cl)c2)N(C)C(=O)Oc2ccccc2)cc(OC)c1OC. The molecule has 4 aromatic rings. The molecule has 0 radical (unpaired) electrons. The second kappa shape index (κ2) is 17.4. The van der Waals surface area contributed by atoms with Gasteiger partial charge in [-0.3, -0.25) is 14.5 Å². The van der Waals surface area contributed by atoms with Crippen molar-refractivity contribution in [3.63, 3.8) is 0 Å². The van der Waals surface area contributed by atoms with Gasteiger partial charge >= 0.3 is 6.09 Å². The summed E-state index contributed by atoms with van der Waals surface area (Å²) in [5.41, 5.74) is 5.87. The van der Waals surface area contributed by atoms with E-state index in [9.17, 15) is 14.4 Å². The van der Waals surface area contributed by atoms with Crippen LogP contribution in [-0.2, 0) is 15.7 Å². The Hall–Kier alpha value is -4.97. The minimum absolute atomic E-state index is 0.0178. The van der Waals surface area contributed by atoms with Gasteiger partial charge in [0.25, 0.3) is 5.91 Å². The first-order chi connectivity index (χ1) is 25.9. The van der Waals surface area contributed by atoms with Crippen molar-refractivity contribution in [1.82, 2.24) is 14.7 Å². The molecule has 4 aromatic carbocycles. The van der Waals surface area contributed by atoms with E-state index in [4.69, 9.17) is 47.9 Å². The van der Waals surface area contributed by atoms with Gasteiger partial charge in [0.05, 0.1) is 42.3 Å². The lowest BCUT2D eigenvalue weighted by Crippen LogP contribution is -2.57. The second-order valence-corrected chi connectivity index (χ2v) is 14.2. The summed E-state index contributed by atoms with van der Waals surface area (Å²) in [4.78, 5) is 46.7. The summed E-state index contributed by atoms with van der Waals surface area (Å²) in [5, 5.41) is 0.625. The van der Waals surface area contributed by atoms with Crippen LogP contribution in [0, 0.1) is 0 Å². The summed E-state index contributed by atoms with van der Waals surface area (Å²) < 4.78 is 22.4. The largest absolute Gasteiger partial charge is 0.493 e. The van der Waals surface area contributed by atoms with Crippen LogP contribution >= 0.6 is 23.2 Å². The number of hydrogen-bond donors (Lipinski definition) is 1. The van der Waals surface area contributed by atoms with Crippen LogP contribution in [0.4, 0.5) is 4.79 Å². The first kappa shape index (κ1) is 40.2. The van der Waals surface area contributed by atoms with Gasteiger partial charge in [-0.2, -0.15) is 0 Å². The molecule has 54 heavy (non-hydrogen) atoms. The molecule has 286 valence electrons. The Balaban J connectivity index is 1.53. The topological polar surface area (TPSA) is 124 Å². The van der Waals surface area contributed by atoms with Gasteiger partial charge in [-0.25, -0.2) is 4.79 Å². The fraction of sp³-hybridized carbons (Fsp3) is 0.341. The number of nitrogens with two attached hydrogens (primary N) is 1. The van der Waals surface area contributed by atoms with Crippen molar-refractivity contribution < 1.29 is 33.3 Å². The van der Waals surface area contributed by atoms with E-state index in [1.165, 1.54) is 26.2 Å². The highest BCUT2D eigenvalue weighted by Crippen LogP contribution is 2.41. The summed E-state index contributed by atoms with van der Waals surface area (Å²) in [6.45, 7) is 1.66. The van der Waals surface area contributed by atoms with E-state index in [-0.39, 0.29) is 28.9 Å². The Bertz CT molecular complexity index is 1920. The van der Waals surface area contributed by atoms with Crippen molar-refractivity contribution >= 4 is 41.1 Å². The first-order valence-electron chi connectivity index (χ1n) is 17.5. The van der Waals surface area contributed by atoms with E-state index in [2.05, 4.69) is 4.90 Å². The van der Waals surface area contributed by atoms with Crippen LogP contribution in [0.5, 0.6) is 23.0 Å². The van der Waals surface area contributed by atoms with Crippen LogP contribution in [0.15, 0.2) is 91.0 Å². The zero-order valence-corrected chi connectivity index (χ0v) is 32.7. The smallest absolute Gasteiger partial charge is 0.415 e. The molecule has 0 spiro atoms. The fourth-order valence-corrected chi connectivity index (χ4v) is 7.52. The molecule has 1 atom stereocenters. The lowest BCUT2D eigenvalue weighted by Gasteiger charge is -2.46. The highest BCUT2D eigenvalue weighted by molar-refractivity contribution is 6.42. The number of hydrogen-bond acceptors (Lipinski definition) is 8. The van der Waals surface area contributed by atoms with Gasteiger partial charge in [0, 0.05) is 32.7 Å². The van der Waals surface area contributed by atoms with Crippen LogP contribution in [-0.4, -0.2) is 94.2 Å². The average Bonchev–Trinajstić information content (AvgIpc) is 3.20. The second-order valence-electron chi connectivity index (χ2n) is 13.4. The number of methoxy groups -OCH3 is 3. The van der Waals surface area contributed by atoms with Gasteiger partial charge in [0.2, 0.25) is 11.7 Å². The van der Waals surface area contributed by atoms with Crippen molar-refractivity contribution in [3.05, 3.63) is 118 Å². The van der Waals surface area contributed by atoms with Gasteiger partial charge < -0.3 is 34.5 Å². The molecule has 2 N–H and O–H groups in total. The third-order valence-electron chi connectivity index (χ3n) is 10.4. The fourth-order valence-electron chi connectivity index (χ4n) is 7.23. The third-order valence-corrected chi connectivity index (χ3v) is 11.2. The lowest BCUT2D eigenvalue weighted by atomic mass is 9.72. The standard InChI is InChI=1S/C41H46Cl2N4O7/c1-45(37(48)28-24-34(51-3)36(53-5)35(25-28)52-4)27-41(30-16-17-32(42)33(43)26-30,46(2)39(50)54-31-14-10-7-11-15-31)20-23-47-21-18-40(19-22-47,38(44)49)29-12-8-6-9-13-29/h6-17,24-26H,18-23,27H2,1-5H3,(H2,44,49). The molecule has 5 rings (SSSR count). The minimum Gasteiger partial charge on any atom is -0.493 e. The number of likely N-dealkylation sites (N-methyl/N-ethyl adjacent to an activating group) is 2. The summed E-state index contributed by atoms with van der Waals surface area (Å²) in [5.74, 6) is 0.631. The number of halogens is 2. The summed E-state index contributed by atoms with van der Waals surface area (Å²) in [6, 6.07) is 26.8. The zero-order chi connectivity index (χ0) is 39.0. The molecule has 0 bridgehead atoms. The number of piperidine rings is 1. The molecule has 0 aliphatic carbocycles. The van der Waals surface area contributed by atoms with Crippen molar-refractivity contribution in [3.8, 4) is 23.0 Å². The Morgan fingerprint density at radius 1 is 0.815 bits per heavy atom. The molecule has 1 aliphatic rings. The van der Waals surface area contributed by atoms with E-state index in [1.807, 2.05) is 42.5 Å². The molecular weight excluding hydrogens is 731 g/mol. The number of benzene rings is 4. The summed E-state index contributed by atoms with van der Waals surface area (Å²) in [6.07, 6.45) is 0.749. The van der Waals surface area contributed by atoms with E-state index in [0.717, 1.165) is 5.56 Å². The van der Waals surface area contributed by atoms with Gasteiger partial charge in [-0.1, -0.05) is 77.8 Å². The molecule has 0 saturated carbocycles. The molecule has 13 heteroatoms. The third kappa shape index (κ3) is 8.38. The highest BCUT2D eigenvalue weighted by atomic mass is 35.5. The van der Waals surface area contributed by atoms with Crippen LogP contribution < -0.4 is 24.7 Å². The molecule has 3 amide bonds. The van der Waals surface area contributed by atoms with Crippen molar-refractivity contribution in [1.29, 1.82) is 0 Å². The van der Waals surface area contributed by atoms with Crippen LogP contribution in [0.2, 0.25) is 10.0 Å². The maximum atomic E-state index is 14.3. The number of ether oxygens (including phenoxy) is 4. The van der Waals surface area contributed by atoms with E-state index in [1.54, 1.807) is 67.5 Å². The quantitative estimate of drug-likeness (QED) is 0.145. The first-order valence-corrected chi connectivity index (χ1v) is 18.2. The normalized spacial score (nSPS) is 15.0. The number of likely N-dealkylation sites (tertiary alicyclic amines) is 1. The lowest BCUT2D eigenvalue weighted by molar-refractivity contribution is -0.125. The number of rotatable bonds is 14. The highest BCUT2D eigenvalue weighted by Gasteiger charge is 2.45. The number of carbonyl (C=O) groups excluding carboxylic acids is 3. The Labute approximate surface area is 326 Å². The van der Waals surface area contributed by atoms with E-state index >= 15 is 0 Å². The average molecular weight is 778 g/mol. The van der Waals surface area contributed by atoms with Crippen molar-refractivity contribution in [2.75, 3.05) is 61.6 Å². The van der Waals surface area contributed by atoms with Gasteiger partial charge in [0.1, 0.15) is 5.75 Å². The van der Waals surface area contributed by atoms with Crippen LogP contribution in [0.1, 0.15) is 40.7 Å². The van der Waals surface area contributed by atoms with Crippen LogP contribution in [0.3, 0.4) is 0 Å². The summed E-state index contributed by atoms with van der Waals surface area (Å²) >= 11 is 13.1. The number of nitrogens with zero attached hydrogens (tertiary/aromatic N) is 3. The zero-order valence-electron chi connectivity index (χ0n) is 31.1. The number of amides is 3. The maximum Gasteiger partial charge on any atom is 0.415 e. The molecular formula is C41H46Cl2N4O7. The molecule has 0 aromatic heterocycles. The predicted octanol–water partition coefficient (Wildman–Crippen LogP) is 7.03. The number of primary amides is 1. The molecule has 1 fully saturated rings. The van der Waals surface area contributed by atoms with E-state index < -0.39 is 17.0 Å². The Morgan fingerprint density at radius 2 is 1.41 bits per heavy atom. The van der Waals surface area contributed by atoms with Gasteiger partial charge in [-0.15, -0.1) is 0 Å². The van der Waals surface area contributed by atoms with Crippen LogP contribution in [0.25, 0.3) is 0 Å². The number of carbonyl (C=O) groups is 3. The molecule has 1 heterocycles. The van der Waals surface area contributed by atoms with Crippen molar-refractivity contribution in [2.24, 2.45) is 5.73 Å². The Kier molecular flexibility index (Phi) is 13.0. The molecule has 1 aliphatic heterocycles. The molecule has 11 nitrogen and oxygen atoms in total.